The van der Waals surface area contributed by atoms with Gasteiger partial charge in [-0.3, -0.25) is 19.2 Å². The fourth-order valence-corrected chi connectivity index (χ4v) is 1.67. The molecule has 0 saturated carbocycles. The smallest absolute Gasteiger partial charge is 0.303 e. The van der Waals surface area contributed by atoms with Crippen molar-refractivity contribution in [2.24, 2.45) is 0 Å². The van der Waals surface area contributed by atoms with Gasteiger partial charge < -0.3 is 19.3 Å². The van der Waals surface area contributed by atoms with E-state index in [0.717, 1.165) is 0 Å². The largest absolute Gasteiger partial charge is 0.463 e. The SMILES string of the molecule is [2H]CC(=O)OC[C@@H](O)[C@H](F)[C@H](OC(=O)C[2H])[C@@H](OC(=O)C[2H])C(=O)Br. The third-order valence-corrected chi connectivity index (χ3v) is 2.60. The average Bonchev–Trinajstić information content (AvgIpc) is 2.60. The second-order valence-corrected chi connectivity index (χ2v) is 4.65. The zero-order valence-corrected chi connectivity index (χ0v) is 12.8. The zero-order valence-electron chi connectivity index (χ0n) is 14.2. The number of halogens is 2. The van der Waals surface area contributed by atoms with Gasteiger partial charge in [0.2, 0.25) is 10.8 Å². The topological polar surface area (TPSA) is 116 Å². The third kappa shape index (κ3) is 7.46. The maximum atomic E-state index is 14.4. The molecule has 0 unspecified atom stereocenters. The average molecular weight is 390 g/mol. The molecule has 0 heterocycles. The molecule has 0 aromatic carbocycles. The van der Waals surface area contributed by atoms with Crippen LogP contribution in [0.25, 0.3) is 0 Å². The predicted molar refractivity (Wildman–Crippen MR) is 72.6 cm³/mol. The Kier molecular flexibility index (Phi) is 6.60. The Morgan fingerprint density at radius 3 is 2.18 bits per heavy atom. The first-order chi connectivity index (χ1) is 11.7. The van der Waals surface area contributed by atoms with Crippen LogP contribution in [0.2, 0.25) is 0 Å². The van der Waals surface area contributed by atoms with Crippen LogP contribution in [-0.4, -0.2) is 58.8 Å². The van der Waals surface area contributed by atoms with E-state index in [1.54, 1.807) is 0 Å². The van der Waals surface area contributed by atoms with Gasteiger partial charge in [0.25, 0.3) is 0 Å². The molecule has 0 bridgehead atoms. The fourth-order valence-electron chi connectivity index (χ4n) is 1.32. The maximum Gasteiger partial charge on any atom is 0.303 e. The summed E-state index contributed by atoms with van der Waals surface area (Å²) in [6, 6.07) is 0. The third-order valence-electron chi connectivity index (χ3n) is 2.14. The number of aliphatic hydroxyl groups is 1. The highest BCUT2D eigenvalue weighted by Crippen LogP contribution is 2.19. The zero-order chi connectivity index (χ0) is 19.6. The summed E-state index contributed by atoms with van der Waals surface area (Å²) in [6.45, 7) is -3.53. The van der Waals surface area contributed by atoms with Crippen molar-refractivity contribution in [3.63, 3.8) is 0 Å². The molecule has 8 nitrogen and oxygen atoms in total. The van der Waals surface area contributed by atoms with Gasteiger partial charge in [0.05, 0.1) is 0 Å². The summed E-state index contributed by atoms with van der Waals surface area (Å²) in [5.74, 6) is -3.56. The van der Waals surface area contributed by atoms with Crippen LogP contribution >= 0.6 is 15.9 Å². The summed E-state index contributed by atoms with van der Waals surface area (Å²) in [4.78, 5) is 44.9. The summed E-state index contributed by atoms with van der Waals surface area (Å²) in [5, 5.41) is 9.68. The van der Waals surface area contributed by atoms with E-state index in [1.807, 2.05) is 0 Å². The first-order valence-electron chi connectivity index (χ1n) is 7.73. The molecular formula is C12H16BrFO8. The molecule has 0 fully saturated rings. The van der Waals surface area contributed by atoms with Gasteiger partial charge in [-0.2, -0.15) is 0 Å². The number of carbonyl (C=O) groups is 4. The van der Waals surface area contributed by atoms with Crippen molar-refractivity contribution < 1.29 is 47.0 Å². The molecule has 0 saturated heterocycles. The van der Waals surface area contributed by atoms with E-state index in [2.05, 4.69) is 30.1 Å². The number of aliphatic hydroxyl groups excluding tert-OH is 1. The highest BCUT2D eigenvalue weighted by atomic mass is 79.9. The Bertz CT molecular complexity index is 495. The minimum atomic E-state index is -2.54. The van der Waals surface area contributed by atoms with Crippen molar-refractivity contribution in [3.8, 4) is 0 Å². The maximum absolute atomic E-state index is 14.4. The Balaban J connectivity index is 5.33. The molecule has 0 aliphatic rings. The summed E-state index contributed by atoms with van der Waals surface area (Å²) < 4.78 is 47.2. The minimum Gasteiger partial charge on any atom is -0.463 e. The van der Waals surface area contributed by atoms with Gasteiger partial charge in [-0.05, 0) is 15.9 Å². The molecule has 0 rings (SSSR count). The summed E-state index contributed by atoms with van der Waals surface area (Å²) in [5.41, 5.74) is 0. The van der Waals surface area contributed by atoms with E-state index in [4.69, 9.17) is 4.11 Å². The lowest BCUT2D eigenvalue weighted by Gasteiger charge is -2.28. The van der Waals surface area contributed by atoms with Crippen LogP contribution in [0.4, 0.5) is 4.39 Å². The lowest BCUT2D eigenvalue weighted by Crippen LogP contribution is -2.49. The van der Waals surface area contributed by atoms with Gasteiger partial charge >= 0.3 is 17.9 Å². The van der Waals surface area contributed by atoms with E-state index in [1.165, 1.54) is 0 Å². The van der Waals surface area contributed by atoms with Gasteiger partial charge in [-0.15, -0.1) is 0 Å². The van der Waals surface area contributed by atoms with Crippen LogP contribution in [0.15, 0.2) is 0 Å². The predicted octanol–water partition coefficient (Wildman–Crippen LogP) is 0.0334. The molecule has 0 amide bonds. The molecule has 0 spiro atoms. The van der Waals surface area contributed by atoms with Crippen LogP contribution < -0.4 is 0 Å². The molecule has 4 atom stereocenters. The number of esters is 3. The lowest BCUT2D eigenvalue weighted by molar-refractivity contribution is -0.178. The second-order valence-electron chi connectivity index (χ2n) is 3.86. The van der Waals surface area contributed by atoms with Crippen LogP contribution in [0.1, 0.15) is 24.8 Å². The van der Waals surface area contributed by atoms with Crippen molar-refractivity contribution >= 4 is 38.5 Å². The van der Waals surface area contributed by atoms with Gasteiger partial charge in [-0.1, -0.05) is 0 Å². The molecule has 0 radical (unpaired) electrons. The quantitative estimate of drug-likeness (QED) is 0.351. The van der Waals surface area contributed by atoms with Gasteiger partial charge in [0.1, 0.15) is 12.7 Å². The Morgan fingerprint density at radius 2 is 1.68 bits per heavy atom. The lowest BCUT2D eigenvalue weighted by atomic mass is 10.0. The van der Waals surface area contributed by atoms with E-state index < -0.39 is 74.4 Å². The van der Waals surface area contributed by atoms with Crippen LogP contribution in [0.5, 0.6) is 0 Å². The van der Waals surface area contributed by atoms with Crippen molar-refractivity contribution in [3.05, 3.63) is 0 Å². The van der Waals surface area contributed by atoms with Crippen molar-refractivity contribution in [2.75, 3.05) is 6.61 Å². The van der Waals surface area contributed by atoms with Crippen molar-refractivity contribution in [1.82, 2.24) is 0 Å². The normalized spacial score (nSPS) is 17.7. The number of rotatable bonds is 8. The standard InChI is InChI=1S/C12H16BrFO8/c1-5(15)20-4-8(18)9(14)10(21-6(2)16)11(12(13)19)22-7(3)17/h8-11,18H,4H2,1-3H3/t8-,9+,10+,11-/m1/s1/i1D,2D,3D. The monoisotopic (exact) mass is 389 g/mol. The second kappa shape index (κ2) is 9.46. The molecule has 22 heavy (non-hydrogen) atoms. The Labute approximate surface area is 138 Å². The van der Waals surface area contributed by atoms with E-state index in [9.17, 15) is 28.7 Å². The minimum absolute atomic E-state index is 0.773. The molecule has 0 aliphatic heterocycles. The number of carbonyl (C=O) groups excluding carboxylic acids is 4. The number of alkyl halides is 1. The molecular weight excluding hydrogens is 371 g/mol. The van der Waals surface area contributed by atoms with E-state index in [0.29, 0.717) is 0 Å². The summed E-state index contributed by atoms with van der Waals surface area (Å²) in [7, 11) is 0. The Hall–Kier alpha value is -1.55. The fraction of sp³-hybridized carbons (Fsp3) is 0.667. The highest BCUT2D eigenvalue weighted by molar-refractivity contribution is 9.18. The van der Waals surface area contributed by atoms with Crippen LogP contribution in [0, 0.1) is 0 Å². The van der Waals surface area contributed by atoms with Crippen LogP contribution in [-0.2, 0) is 33.4 Å². The molecule has 0 aromatic rings. The Morgan fingerprint density at radius 1 is 1.14 bits per heavy atom. The van der Waals surface area contributed by atoms with Gasteiger partial charge in [0, 0.05) is 24.8 Å². The first kappa shape index (κ1) is 15.3. The number of hydrogen-bond donors (Lipinski definition) is 1. The van der Waals surface area contributed by atoms with Crippen molar-refractivity contribution in [2.45, 2.75) is 45.2 Å². The molecule has 0 aromatic heterocycles. The highest BCUT2D eigenvalue weighted by Gasteiger charge is 2.42. The van der Waals surface area contributed by atoms with Crippen molar-refractivity contribution in [1.29, 1.82) is 0 Å². The van der Waals surface area contributed by atoms with Gasteiger partial charge in [-0.25, -0.2) is 4.39 Å². The molecule has 1 N–H and O–H groups in total. The summed E-state index contributed by atoms with van der Waals surface area (Å²) in [6.07, 6.45) is -8.81. The molecule has 0 aliphatic carbocycles. The number of ether oxygens (including phenoxy) is 3. The molecule has 126 valence electrons. The summed E-state index contributed by atoms with van der Waals surface area (Å²) >= 11 is 2.43. The van der Waals surface area contributed by atoms with Gasteiger partial charge in [0.15, 0.2) is 12.3 Å². The number of hydrogen-bond acceptors (Lipinski definition) is 8. The van der Waals surface area contributed by atoms with E-state index in [-0.39, 0.29) is 0 Å². The first-order valence-corrected chi connectivity index (χ1v) is 6.40. The molecule has 10 heteroatoms. The van der Waals surface area contributed by atoms with E-state index >= 15 is 0 Å². The van der Waals surface area contributed by atoms with Crippen LogP contribution in [0.3, 0.4) is 0 Å².